The van der Waals surface area contributed by atoms with Gasteiger partial charge in [-0.3, -0.25) is 24.2 Å². The van der Waals surface area contributed by atoms with Gasteiger partial charge in [-0.1, -0.05) is 0 Å². The van der Waals surface area contributed by atoms with Gasteiger partial charge in [0.2, 0.25) is 23.6 Å². The summed E-state index contributed by atoms with van der Waals surface area (Å²) in [5.74, 6) is -4.38. The minimum Gasteiger partial charge on any atom is -0.480 e. The molecule has 4 unspecified atom stereocenters. The molecule has 12 N–H and O–H groups in total. The fourth-order valence-electron chi connectivity index (χ4n) is 3.24. The van der Waals surface area contributed by atoms with Crippen LogP contribution < -0.4 is 38.5 Å². The molecule has 15 heteroatoms. The molecule has 0 radical (unpaired) electrons. The molecule has 0 aliphatic carbocycles. The lowest BCUT2D eigenvalue weighted by atomic mass is 10.1. The van der Waals surface area contributed by atoms with Crippen molar-refractivity contribution in [1.82, 2.24) is 21.3 Å². The molecule has 0 aromatic carbocycles. The van der Waals surface area contributed by atoms with Crippen LogP contribution >= 0.6 is 0 Å². The van der Waals surface area contributed by atoms with Gasteiger partial charge in [-0.2, -0.15) is 0 Å². The fourth-order valence-corrected chi connectivity index (χ4v) is 3.24. The number of hydrogen-bond acceptors (Lipinski definition) is 8. The Labute approximate surface area is 196 Å². The molecule has 1 rings (SSSR count). The monoisotopic (exact) mass is 486 g/mol. The third-order valence-corrected chi connectivity index (χ3v) is 5.06. The van der Waals surface area contributed by atoms with Crippen LogP contribution in [0.15, 0.2) is 4.99 Å². The summed E-state index contributed by atoms with van der Waals surface area (Å²) in [6.45, 7) is -0.0302. The highest BCUT2D eigenvalue weighted by Crippen LogP contribution is 2.07. The van der Waals surface area contributed by atoms with Crippen molar-refractivity contribution in [2.24, 2.45) is 22.2 Å². The maximum atomic E-state index is 12.7. The van der Waals surface area contributed by atoms with Crippen LogP contribution in [-0.4, -0.2) is 89.6 Å². The zero-order chi connectivity index (χ0) is 25.7. The normalized spacial score (nSPS) is 17.6. The number of amides is 4. The van der Waals surface area contributed by atoms with E-state index in [1.54, 1.807) is 0 Å². The van der Waals surface area contributed by atoms with Crippen molar-refractivity contribution in [3.05, 3.63) is 0 Å². The number of aliphatic imine (C=N–C) groups is 1. The third-order valence-electron chi connectivity index (χ3n) is 5.06. The number of carbonyl (C=O) groups is 5. The summed E-state index contributed by atoms with van der Waals surface area (Å²) < 4.78 is 0. The van der Waals surface area contributed by atoms with Gasteiger partial charge in [0, 0.05) is 13.0 Å². The van der Waals surface area contributed by atoms with Crippen LogP contribution in [0, 0.1) is 0 Å². The molecule has 1 saturated heterocycles. The predicted octanol–water partition coefficient (Wildman–Crippen LogP) is -4.41. The van der Waals surface area contributed by atoms with Crippen LogP contribution in [0.2, 0.25) is 0 Å². The van der Waals surface area contributed by atoms with Crippen molar-refractivity contribution in [2.75, 3.05) is 19.7 Å². The molecule has 1 aliphatic rings. The number of nitrogens with one attached hydrogen (secondary N) is 4. The Hall–Kier alpha value is -3.46. The number of guanidine groups is 1. The lowest BCUT2D eigenvalue weighted by Crippen LogP contribution is -2.58. The minimum atomic E-state index is -1.50. The van der Waals surface area contributed by atoms with E-state index in [9.17, 15) is 34.2 Å². The van der Waals surface area contributed by atoms with Crippen molar-refractivity contribution < 1.29 is 34.2 Å². The summed E-state index contributed by atoms with van der Waals surface area (Å²) >= 11 is 0. The highest BCUT2D eigenvalue weighted by molar-refractivity contribution is 5.94. The van der Waals surface area contributed by atoms with E-state index in [2.05, 4.69) is 26.3 Å². The first-order valence-electron chi connectivity index (χ1n) is 10.9. The summed E-state index contributed by atoms with van der Waals surface area (Å²) in [4.78, 5) is 64.0. The van der Waals surface area contributed by atoms with Gasteiger partial charge in [0.1, 0.15) is 18.1 Å². The van der Waals surface area contributed by atoms with Crippen LogP contribution in [0.3, 0.4) is 0 Å². The van der Waals surface area contributed by atoms with Gasteiger partial charge in [-0.25, -0.2) is 4.79 Å². The van der Waals surface area contributed by atoms with E-state index in [0.717, 1.165) is 6.42 Å². The smallest absolute Gasteiger partial charge is 0.326 e. The van der Waals surface area contributed by atoms with Gasteiger partial charge in [0.15, 0.2) is 5.96 Å². The zero-order valence-corrected chi connectivity index (χ0v) is 18.8. The number of aliphatic carboxylic acids is 1. The SMILES string of the molecule is NC(=O)CCC(NC(=O)C1CCCN1)C(=O)NC(CO)C(=O)NC(CCCN=C(N)N)C(=O)O. The lowest BCUT2D eigenvalue weighted by molar-refractivity contribution is -0.142. The molecule has 1 aliphatic heterocycles. The van der Waals surface area contributed by atoms with Gasteiger partial charge in [-0.05, 0) is 38.6 Å². The average molecular weight is 487 g/mol. The molecule has 0 spiro atoms. The first kappa shape index (κ1) is 28.6. The van der Waals surface area contributed by atoms with E-state index in [1.807, 2.05) is 0 Å². The Bertz CT molecular complexity index is 766. The summed E-state index contributed by atoms with van der Waals surface area (Å²) in [7, 11) is 0. The molecule has 1 fully saturated rings. The second-order valence-corrected chi connectivity index (χ2v) is 7.81. The molecule has 4 amide bonds. The van der Waals surface area contributed by atoms with E-state index >= 15 is 0 Å². The highest BCUT2D eigenvalue weighted by Gasteiger charge is 2.31. The van der Waals surface area contributed by atoms with Crippen LogP contribution in [0.5, 0.6) is 0 Å². The van der Waals surface area contributed by atoms with Crippen molar-refractivity contribution in [2.45, 2.75) is 62.7 Å². The first-order valence-corrected chi connectivity index (χ1v) is 10.9. The maximum absolute atomic E-state index is 12.7. The molecular weight excluding hydrogens is 452 g/mol. The van der Waals surface area contributed by atoms with Crippen LogP contribution in [0.1, 0.15) is 38.5 Å². The van der Waals surface area contributed by atoms with Gasteiger partial charge >= 0.3 is 5.97 Å². The van der Waals surface area contributed by atoms with Crippen LogP contribution in [0.25, 0.3) is 0 Å². The van der Waals surface area contributed by atoms with Crippen LogP contribution in [0.4, 0.5) is 0 Å². The number of rotatable bonds is 15. The Balaban J connectivity index is 2.76. The molecule has 1 heterocycles. The molecule has 34 heavy (non-hydrogen) atoms. The highest BCUT2D eigenvalue weighted by atomic mass is 16.4. The maximum Gasteiger partial charge on any atom is 0.326 e. The number of primary amides is 1. The van der Waals surface area contributed by atoms with Crippen molar-refractivity contribution in [1.29, 1.82) is 0 Å². The lowest BCUT2D eigenvalue weighted by Gasteiger charge is -2.24. The first-order chi connectivity index (χ1) is 16.0. The van der Waals surface area contributed by atoms with Gasteiger partial charge in [0.05, 0.1) is 12.6 Å². The molecule has 4 atom stereocenters. The summed E-state index contributed by atoms with van der Waals surface area (Å²) in [5.41, 5.74) is 15.5. The van der Waals surface area contributed by atoms with E-state index in [4.69, 9.17) is 17.2 Å². The molecule has 192 valence electrons. The third kappa shape index (κ3) is 10.4. The Morgan fingerprint density at radius 3 is 2.15 bits per heavy atom. The number of aliphatic hydroxyl groups excluding tert-OH is 1. The van der Waals surface area contributed by atoms with E-state index < -0.39 is 60.4 Å². The molecular formula is C19H34N8O7. The van der Waals surface area contributed by atoms with E-state index in [0.29, 0.717) is 13.0 Å². The standard InChI is InChI=1S/C19H34N8O7/c20-14(29)6-5-11(25-15(30)10-3-1-7-23-10)16(31)27-13(9-28)17(32)26-12(18(33)34)4-2-8-24-19(21)22/h10-13,23,28H,1-9H2,(H2,20,29)(H,25,30)(H,26,32)(H,27,31)(H,33,34)(H4,21,22,24). The van der Waals surface area contributed by atoms with Crippen molar-refractivity contribution in [3.8, 4) is 0 Å². The van der Waals surface area contributed by atoms with Gasteiger partial charge in [-0.15, -0.1) is 0 Å². The molecule has 0 aromatic rings. The average Bonchev–Trinajstić information content (AvgIpc) is 3.31. The number of aliphatic hydroxyl groups is 1. The number of nitrogens with two attached hydrogens (primary N) is 3. The zero-order valence-electron chi connectivity index (χ0n) is 18.8. The fraction of sp³-hybridized carbons (Fsp3) is 0.684. The number of carboxylic acid groups (broad SMARTS) is 1. The van der Waals surface area contributed by atoms with Crippen molar-refractivity contribution in [3.63, 3.8) is 0 Å². The molecule has 0 saturated carbocycles. The van der Waals surface area contributed by atoms with Crippen LogP contribution in [-0.2, 0) is 24.0 Å². The molecule has 15 nitrogen and oxygen atoms in total. The topological polar surface area (TPSA) is 264 Å². The molecule has 0 aromatic heterocycles. The minimum absolute atomic E-state index is 0.00433. The number of carboxylic acids is 1. The van der Waals surface area contributed by atoms with Crippen molar-refractivity contribution >= 4 is 35.6 Å². The quantitative estimate of drug-likeness (QED) is 0.0609. The van der Waals surface area contributed by atoms with Gasteiger partial charge in [0.25, 0.3) is 0 Å². The summed E-state index contributed by atoms with van der Waals surface area (Å²) in [5, 5.41) is 28.9. The molecule has 0 bridgehead atoms. The van der Waals surface area contributed by atoms with E-state index in [1.165, 1.54) is 0 Å². The second kappa shape index (κ2) is 14.6. The van der Waals surface area contributed by atoms with Gasteiger partial charge < -0.3 is 48.7 Å². The van der Waals surface area contributed by atoms with E-state index in [-0.39, 0.29) is 38.2 Å². The Morgan fingerprint density at radius 2 is 1.62 bits per heavy atom. The largest absolute Gasteiger partial charge is 0.480 e. The predicted molar refractivity (Wildman–Crippen MR) is 120 cm³/mol. The Morgan fingerprint density at radius 1 is 0.971 bits per heavy atom. The number of carbonyl (C=O) groups excluding carboxylic acids is 4. The Kier molecular flexibility index (Phi) is 12.3. The second-order valence-electron chi connectivity index (χ2n) is 7.81. The summed E-state index contributed by atoms with van der Waals surface area (Å²) in [6.07, 6.45) is 1.29. The number of hydrogen-bond donors (Lipinski definition) is 9. The summed E-state index contributed by atoms with van der Waals surface area (Å²) in [6, 6.07) is -4.49. The number of nitrogens with zero attached hydrogens (tertiary/aromatic N) is 1.